The summed E-state index contributed by atoms with van der Waals surface area (Å²) in [6.07, 6.45) is 4.38. The molecule has 0 radical (unpaired) electrons. The number of Topliss-reactive ketones (excluding diaryl/α,β-unsaturated/α-hetero) is 1. The number of carbonyl (C=O) groups excluding carboxylic acids is 1. The second-order valence-corrected chi connectivity index (χ2v) is 6.19. The van der Waals surface area contributed by atoms with Gasteiger partial charge in [0.15, 0.2) is 5.78 Å². The summed E-state index contributed by atoms with van der Waals surface area (Å²) in [7, 11) is 0. The van der Waals surface area contributed by atoms with Crippen molar-refractivity contribution >= 4 is 5.78 Å². The molecule has 1 heterocycles. The standard InChI is InChI=1S/C18H27NO2/c1-3-18(20)16-5-7-17(8-6-16)21-14-4-11-19-12-9-15(2)10-13-19/h5-8,15H,3-4,9-14H2,1-2H3/p+1. The van der Waals surface area contributed by atoms with Gasteiger partial charge in [0, 0.05) is 18.4 Å². The number of nitrogens with one attached hydrogen (secondary N) is 1. The van der Waals surface area contributed by atoms with Crippen LogP contribution in [0.1, 0.15) is 49.9 Å². The maximum atomic E-state index is 11.5. The van der Waals surface area contributed by atoms with E-state index >= 15 is 0 Å². The molecule has 1 saturated heterocycles. The molecule has 2 rings (SSSR count). The number of rotatable bonds is 7. The lowest BCUT2D eigenvalue weighted by Crippen LogP contribution is -3.13. The van der Waals surface area contributed by atoms with Gasteiger partial charge in [-0.1, -0.05) is 13.8 Å². The third kappa shape index (κ3) is 5.16. The molecule has 1 fully saturated rings. The van der Waals surface area contributed by atoms with Crippen molar-refractivity contribution in [2.45, 2.75) is 39.5 Å². The molecule has 0 spiro atoms. The second-order valence-electron chi connectivity index (χ2n) is 6.19. The summed E-state index contributed by atoms with van der Waals surface area (Å²) in [6.45, 7) is 8.84. The van der Waals surface area contributed by atoms with Crippen LogP contribution in [-0.4, -0.2) is 32.0 Å². The summed E-state index contributed by atoms with van der Waals surface area (Å²) in [5.74, 6) is 1.96. The Morgan fingerprint density at radius 3 is 2.52 bits per heavy atom. The molecule has 0 bridgehead atoms. The number of carbonyl (C=O) groups is 1. The van der Waals surface area contributed by atoms with Crippen molar-refractivity contribution in [3.05, 3.63) is 29.8 Å². The van der Waals surface area contributed by atoms with Gasteiger partial charge in [-0.2, -0.15) is 0 Å². The van der Waals surface area contributed by atoms with E-state index in [2.05, 4.69) is 6.92 Å². The monoisotopic (exact) mass is 290 g/mol. The number of benzene rings is 1. The van der Waals surface area contributed by atoms with E-state index in [0.717, 1.165) is 30.3 Å². The van der Waals surface area contributed by atoms with E-state index in [1.54, 1.807) is 4.90 Å². The van der Waals surface area contributed by atoms with Gasteiger partial charge < -0.3 is 9.64 Å². The van der Waals surface area contributed by atoms with Crippen LogP contribution >= 0.6 is 0 Å². The lowest BCUT2D eigenvalue weighted by molar-refractivity contribution is -0.906. The topological polar surface area (TPSA) is 30.7 Å². The summed E-state index contributed by atoms with van der Waals surface area (Å²) < 4.78 is 5.76. The smallest absolute Gasteiger partial charge is 0.162 e. The molecule has 116 valence electrons. The molecule has 21 heavy (non-hydrogen) atoms. The molecule has 1 N–H and O–H groups in total. The molecular formula is C18H28NO2+. The minimum Gasteiger partial charge on any atom is -0.493 e. The third-order valence-corrected chi connectivity index (χ3v) is 4.42. The van der Waals surface area contributed by atoms with Gasteiger partial charge in [-0.05, 0) is 43.0 Å². The summed E-state index contributed by atoms with van der Waals surface area (Å²) in [6, 6.07) is 7.52. The fourth-order valence-electron chi connectivity index (χ4n) is 2.87. The first-order valence-corrected chi connectivity index (χ1v) is 8.28. The van der Waals surface area contributed by atoms with Crippen molar-refractivity contribution in [1.29, 1.82) is 0 Å². The van der Waals surface area contributed by atoms with Crippen LogP contribution in [0, 0.1) is 5.92 Å². The summed E-state index contributed by atoms with van der Waals surface area (Å²) in [4.78, 5) is 13.3. The Labute approximate surface area is 128 Å². The zero-order chi connectivity index (χ0) is 15.1. The van der Waals surface area contributed by atoms with Gasteiger partial charge in [0.2, 0.25) is 0 Å². The van der Waals surface area contributed by atoms with Gasteiger partial charge in [-0.3, -0.25) is 4.79 Å². The molecule has 3 nitrogen and oxygen atoms in total. The fraction of sp³-hybridized carbons (Fsp3) is 0.611. The normalized spacial score (nSPS) is 22.0. The molecular weight excluding hydrogens is 262 g/mol. The summed E-state index contributed by atoms with van der Waals surface area (Å²) in [5.41, 5.74) is 0.775. The Morgan fingerprint density at radius 1 is 1.24 bits per heavy atom. The summed E-state index contributed by atoms with van der Waals surface area (Å²) in [5, 5.41) is 0. The summed E-state index contributed by atoms with van der Waals surface area (Å²) >= 11 is 0. The number of likely N-dealkylation sites (tertiary alicyclic amines) is 1. The first-order chi connectivity index (χ1) is 10.2. The van der Waals surface area contributed by atoms with Gasteiger partial charge in [-0.15, -0.1) is 0 Å². The van der Waals surface area contributed by atoms with Crippen LogP contribution in [0.3, 0.4) is 0 Å². The first-order valence-electron chi connectivity index (χ1n) is 8.28. The van der Waals surface area contributed by atoms with Crippen molar-refractivity contribution in [2.75, 3.05) is 26.2 Å². The molecule has 0 aromatic heterocycles. The lowest BCUT2D eigenvalue weighted by atomic mass is 9.99. The number of ether oxygens (including phenoxy) is 1. The SMILES string of the molecule is CCC(=O)c1ccc(OCCC[NH+]2CCC(C)CC2)cc1. The molecule has 0 atom stereocenters. The van der Waals surface area contributed by atoms with Crippen molar-refractivity contribution in [3.63, 3.8) is 0 Å². The van der Waals surface area contributed by atoms with E-state index in [9.17, 15) is 4.79 Å². The molecule has 1 aromatic rings. The highest BCUT2D eigenvalue weighted by Gasteiger charge is 2.18. The van der Waals surface area contributed by atoms with Crippen LogP contribution in [0.2, 0.25) is 0 Å². The largest absolute Gasteiger partial charge is 0.493 e. The van der Waals surface area contributed by atoms with E-state index in [-0.39, 0.29) is 5.78 Å². The average molecular weight is 290 g/mol. The quantitative estimate of drug-likeness (QED) is 0.617. The van der Waals surface area contributed by atoms with Crippen LogP contribution in [0.5, 0.6) is 5.75 Å². The van der Waals surface area contributed by atoms with Crippen molar-refractivity contribution in [2.24, 2.45) is 5.92 Å². The number of quaternary nitrogens is 1. The van der Waals surface area contributed by atoms with E-state index in [4.69, 9.17) is 4.74 Å². The molecule has 0 amide bonds. The Morgan fingerprint density at radius 2 is 1.90 bits per heavy atom. The third-order valence-electron chi connectivity index (χ3n) is 4.42. The first kappa shape index (κ1) is 16.0. The molecule has 1 aliphatic rings. The van der Waals surface area contributed by atoms with Crippen molar-refractivity contribution in [1.82, 2.24) is 0 Å². The van der Waals surface area contributed by atoms with E-state index < -0.39 is 0 Å². The van der Waals surface area contributed by atoms with Crippen LogP contribution in [0.25, 0.3) is 0 Å². The molecule has 0 saturated carbocycles. The predicted molar refractivity (Wildman–Crippen MR) is 85.1 cm³/mol. The van der Waals surface area contributed by atoms with E-state index in [1.807, 2.05) is 31.2 Å². The maximum Gasteiger partial charge on any atom is 0.162 e. The zero-order valence-electron chi connectivity index (χ0n) is 13.4. The van der Waals surface area contributed by atoms with Gasteiger partial charge in [-0.25, -0.2) is 0 Å². The predicted octanol–water partition coefficient (Wildman–Crippen LogP) is 2.36. The van der Waals surface area contributed by atoms with Gasteiger partial charge in [0.1, 0.15) is 5.75 Å². The van der Waals surface area contributed by atoms with Gasteiger partial charge in [0.05, 0.1) is 26.2 Å². The molecule has 1 aromatic carbocycles. The zero-order valence-corrected chi connectivity index (χ0v) is 13.4. The minimum absolute atomic E-state index is 0.185. The van der Waals surface area contributed by atoms with Crippen LogP contribution < -0.4 is 9.64 Å². The number of hydrogen-bond donors (Lipinski definition) is 1. The lowest BCUT2D eigenvalue weighted by Gasteiger charge is -2.27. The fourth-order valence-corrected chi connectivity index (χ4v) is 2.87. The maximum absolute atomic E-state index is 11.5. The Bertz CT molecular complexity index is 433. The van der Waals surface area contributed by atoms with Crippen molar-refractivity contribution < 1.29 is 14.4 Å². The minimum atomic E-state index is 0.185. The van der Waals surface area contributed by atoms with E-state index in [0.29, 0.717) is 6.42 Å². The van der Waals surface area contributed by atoms with Crippen LogP contribution in [0.15, 0.2) is 24.3 Å². The highest BCUT2D eigenvalue weighted by Crippen LogP contribution is 2.13. The van der Waals surface area contributed by atoms with Crippen molar-refractivity contribution in [3.8, 4) is 5.75 Å². The number of ketones is 1. The highest BCUT2D eigenvalue weighted by molar-refractivity contribution is 5.95. The van der Waals surface area contributed by atoms with Crippen LogP contribution in [-0.2, 0) is 0 Å². The molecule has 0 unspecified atom stereocenters. The Kier molecular flexibility index (Phi) is 6.24. The number of piperidine rings is 1. The average Bonchev–Trinajstić information content (AvgIpc) is 2.53. The molecule has 3 heteroatoms. The highest BCUT2D eigenvalue weighted by atomic mass is 16.5. The Balaban J connectivity index is 1.65. The Hall–Kier alpha value is -1.35. The molecule has 1 aliphatic heterocycles. The van der Waals surface area contributed by atoms with E-state index in [1.165, 1.54) is 32.5 Å². The van der Waals surface area contributed by atoms with Gasteiger partial charge >= 0.3 is 0 Å². The number of hydrogen-bond acceptors (Lipinski definition) is 2. The van der Waals surface area contributed by atoms with Crippen LogP contribution in [0.4, 0.5) is 0 Å². The van der Waals surface area contributed by atoms with Gasteiger partial charge in [0.25, 0.3) is 0 Å². The molecule has 0 aliphatic carbocycles. The second kappa shape index (κ2) is 8.18.